The summed E-state index contributed by atoms with van der Waals surface area (Å²) in [5.41, 5.74) is 5.48. The lowest BCUT2D eigenvalue weighted by atomic mass is 10.1. The molecule has 0 bridgehead atoms. The fraction of sp³-hybridized carbons (Fsp3) is 0.111. The molecule has 3 aromatic rings. The number of nitrogens with one attached hydrogen (secondary N) is 2. The number of nitrogens with zero attached hydrogens (tertiary/aromatic N) is 3. The van der Waals surface area contributed by atoms with Gasteiger partial charge >= 0.3 is 0 Å². The second-order valence-electron chi connectivity index (χ2n) is 5.27. The van der Waals surface area contributed by atoms with E-state index in [0.717, 1.165) is 11.1 Å². The lowest BCUT2D eigenvalue weighted by molar-refractivity contribution is -0.123. The van der Waals surface area contributed by atoms with Crippen LogP contribution in [0.5, 0.6) is 5.75 Å². The molecule has 1 aromatic heterocycles. The number of aromatic amines is 1. The van der Waals surface area contributed by atoms with Crippen molar-refractivity contribution in [1.82, 2.24) is 20.8 Å². The van der Waals surface area contributed by atoms with Crippen LogP contribution >= 0.6 is 0 Å². The van der Waals surface area contributed by atoms with Crippen molar-refractivity contribution < 1.29 is 9.53 Å². The van der Waals surface area contributed by atoms with Gasteiger partial charge in [0.1, 0.15) is 17.1 Å². The highest BCUT2D eigenvalue weighted by molar-refractivity contribution is 5.87. The SMILES string of the molecule is Cc1ccccc1OCC(=O)N/N=C/c1n[nH]nc1-c1ccccc1. The first-order valence-electron chi connectivity index (χ1n) is 7.70. The maximum atomic E-state index is 11.8. The normalized spacial score (nSPS) is 10.8. The van der Waals surface area contributed by atoms with Gasteiger partial charge in [0, 0.05) is 5.56 Å². The van der Waals surface area contributed by atoms with Crippen molar-refractivity contribution in [3.63, 3.8) is 0 Å². The van der Waals surface area contributed by atoms with Crippen LogP contribution in [0.4, 0.5) is 0 Å². The third-order valence-corrected chi connectivity index (χ3v) is 3.45. The highest BCUT2D eigenvalue weighted by Crippen LogP contribution is 2.17. The Morgan fingerprint density at radius 1 is 1.16 bits per heavy atom. The molecule has 0 saturated heterocycles. The van der Waals surface area contributed by atoms with Crippen molar-refractivity contribution in [3.05, 3.63) is 65.9 Å². The lowest BCUT2D eigenvalue weighted by Gasteiger charge is -2.07. The van der Waals surface area contributed by atoms with Gasteiger partial charge in [-0.05, 0) is 18.6 Å². The molecule has 1 heterocycles. The molecule has 126 valence electrons. The van der Waals surface area contributed by atoms with E-state index in [4.69, 9.17) is 4.74 Å². The van der Waals surface area contributed by atoms with Gasteiger partial charge in [-0.2, -0.15) is 20.5 Å². The predicted octanol–water partition coefficient (Wildman–Crippen LogP) is 2.31. The number of aryl methyl sites for hydroxylation is 1. The number of carbonyl (C=O) groups is 1. The molecule has 0 spiro atoms. The van der Waals surface area contributed by atoms with Crippen molar-refractivity contribution >= 4 is 12.1 Å². The Hall–Kier alpha value is -3.48. The largest absolute Gasteiger partial charge is 0.483 e. The first-order valence-corrected chi connectivity index (χ1v) is 7.70. The second kappa shape index (κ2) is 7.87. The van der Waals surface area contributed by atoms with Gasteiger partial charge in [0.25, 0.3) is 5.91 Å². The molecular weight excluding hydrogens is 318 g/mol. The molecule has 25 heavy (non-hydrogen) atoms. The van der Waals surface area contributed by atoms with Crippen LogP contribution in [0.25, 0.3) is 11.3 Å². The van der Waals surface area contributed by atoms with Crippen LogP contribution in [-0.4, -0.2) is 34.1 Å². The third-order valence-electron chi connectivity index (χ3n) is 3.45. The molecule has 0 radical (unpaired) electrons. The van der Waals surface area contributed by atoms with E-state index in [2.05, 4.69) is 25.9 Å². The zero-order chi connectivity index (χ0) is 17.5. The number of hydrazone groups is 1. The van der Waals surface area contributed by atoms with Crippen LogP contribution in [0.2, 0.25) is 0 Å². The van der Waals surface area contributed by atoms with Crippen LogP contribution in [0.15, 0.2) is 59.7 Å². The van der Waals surface area contributed by atoms with E-state index in [1.54, 1.807) is 0 Å². The number of H-pyrrole nitrogens is 1. The highest BCUT2D eigenvalue weighted by Gasteiger charge is 2.08. The summed E-state index contributed by atoms with van der Waals surface area (Å²) in [4.78, 5) is 11.8. The van der Waals surface area contributed by atoms with Gasteiger partial charge in [0.2, 0.25) is 0 Å². The van der Waals surface area contributed by atoms with E-state index in [0.29, 0.717) is 17.1 Å². The number of para-hydroxylation sites is 1. The van der Waals surface area contributed by atoms with Gasteiger partial charge in [-0.1, -0.05) is 48.5 Å². The summed E-state index contributed by atoms with van der Waals surface area (Å²) < 4.78 is 5.46. The number of rotatable bonds is 6. The molecule has 0 aliphatic carbocycles. The first kappa shape index (κ1) is 16.4. The van der Waals surface area contributed by atoms with Crippen molar-refractivity contribution in [2.75, 3.05) is 6.61 Å². The Bertz CT molecular complexity index is 874. The first-order chi connectivity index (χ1) is 12.2. The summed E-state index contributed by atoms with van der Waals surface area (Å²) in [5, 5.41) is 14.6. The van der Waals surface area contributed by atoms with Crippen LogP contribution in [-0.2, 0) is 4.79 Å². The Labute approximate surface area is 144 Å². The van der Waals surface area contributed by atoms with Crippen molar-refractivity contribution in [1.29, 1.82) is 0 Å². The molecule has 0 unspecified atom stereocenters. The van der Waals surface area contributed by atoms with Gasteiger partial charge in [0.15, 0.2) is 6.61 Å². The van der Waals surface area contributed by atoms with Crippen LogP contribution in [0, 0.1) is 6.92 Å². The Balaban J connectivity index is 1.56. The number of hydrogen-bond acceptors (Lipinski definition) is 5. The van der Waals surface area contributed by atoms with Crippen LogP contribution in [0.1, 0.15) is 11.3 Å². The minimum Gasteiger partial charge on any atom is -0.483 e. The van der Waals surface area contributed by atoms with Crippen LogP contribution in [0.3, 0.4) is 0 Å². The summed E-state index contributed by atoms with van der Waals surface area (Å²) in [6.45, 7) is 1.80. The molecule has 0 saturated carbocycles. The fourth-order valence-electron chi connectivity index (χ4n) is 2.20. The average Bonchev–Trinajstić information content (AvgIpc) is 3.10. The van der Waals surface area contributed by atoms with Gasteiger partial charge in [-0.15, -0.1) is 0 Å². The zero-order valence-corrected chi connectivity index (χ0v) is 13.6. The Kier molecular flexibility index (Phi) is 5.16. The van der Waals surface area contributed by atoms with Gasteiger partial charge in [-0.3, -0.25) is 4.79 Å². The van der Waals surface area contributed by atoms with Crippen molar-refractivity contribution in [2.45, 2.75) is 6.92 Å². The standard InChI is InChI=1S/C18H17N5O2/c1-13-7-5-6-10-16(13)25-12-17(24)21-19-11-15-18(22-23-20-15)14-8-3-2-4-9-14/h2-11H,12H2,1H3,(H,21,24)(H,20,22,23)/b19-11+. The smallest absolute Gasteiger partial charge is 0.277 e. The van der Waals surface area contributed by atoms with E-state index in [1.807, 2.05) is 61.5 Å². The highest BCUT2D eigenvalue weighted by atomic mass is 16.5. The quantitative estimate of drug-likeness (QED) is 0.534. The molecule has 0 fully saturated rings. The summed E-state index contributed by atoms with van der Waals surface area (Å²) in [5.74, 6) is 0.314. The number of carbonyl (C=O) groups excluding carboxylic acids is 1. The van der Waals surface area contributed by atoms with Crippen LogP contribution < -0.4 is 10.2 Å². The van der Waals surface area contributed by atoms with Gasteiger partial charge in [-0.25, -0.2) is 5.43 Å². The van der Waals surface area contributed by atoms with Gasteiger partial charge < -0.3 is 4.74 Å². The molecule has 0 aliphatic heterocycles. The summed E-state index contributed by atoms with van der Waals surface area (Å²) in [6, 6.07) is 17.1. The number of ether oxygens (including phenoxy) is 1. The molecule has 2 N–H and O–H groups in total. The fourth-order valence-corrected chi connectivity index (χ4v) is 2.20. The molecule has 3 rings (SSSR count). The minimum atomic E-state index is -0.357. The predicted molar refractivity (Wildman–Crippen MR) is 94.2 cm³/mol. The summed E-state index contributed by atoms with van der Waals surface area (Å²) >= 11 is 0. The molecular formula is C18H17N5O2. The maximum absolute atomic E-state index is 11.8. The Morgan fingerprint density at radius 2 is 1.92 bits per heavy atom. The molecule has 2 aromatic carbocycles. The Morgan fingerprint density at radius 3 is 2.72 bits per heavy atom. The van der Waals surface area contributed by atoms with Gasteiger partial charge in [0.05, 0.1) is 6.21 Å². The van der Waals surface area contributed by atoms with Crippen molar-refractivity contribution in [2.24, 2.45) is 5.10 Å². The monoisotopic (exact) mass is 335 g/mol. The number of aromatic nitrogens is 3. The summed E-state index contributed by atoms with van der Waals surface area (Å²) in [7, 11) is 0. The number of hydrogen-bond donors (Lipinski definition) is 2. The van der Waals surface area contributed by atoms with E-state index in [-0.39, 0.29) is 12.5 Å². The molecule has 0 aliphatic rings. The zero-order valence-electron chi connectivity index (χ0n) is 13.6. The van der Waals surface area contributed by atoms with Crippen molar-refractivity contribution in [3.8, 4) is 17.0 Å². The lowest BCUT2D eigenvalue weighted by Crippen LogP contribution is -2.24. The topological polar surface area (TPSA) is 92.3 Å². The second-order valence-corrected chi connectivity index (χ2v) is 5.27. The molecule has 7 nitrogen and oxygen atoms in total. The number of benzene rings is 2. The van der Waals surface area contributed by atoms with E-state index in [1.165, 1.54) is 6.21 Å². The van der Waals surface area contributed by atoms with E-state index >= 15 is 0 Å². The van der Waals surface area contributed by atoms with E-state index in [9.17, 15) is 4.79 Å². The average molecular weight is 335 g/mol. The minimum absolute atomic E-state index is 0.119. The maximum Gasteiger partial charge on any atom is 0.277 e. The molecule has 7 heteroatoms. The number of amides is 1. The molecule has 1 amide bonds. The summed E-state index contributed by atoms with van der Waals surface area (Å²) in [6.07, 6.45) is 1.44. The third kappa shape index (κ3) is 4.29. The molecule has 0 atom stereocenters. The van der Waals surface area contributed by atoms with E-state index < -0.39 is 0 Å².